The third kappa shape index (κ3) is 18.4. The van der Waals surface area contributed by atoms with E-state index in [1.807, 2.05) is 0 Å². The highest BCUT2D eigenvalue weighted by atomic mass is 32.2. The number of fused-ring (bicyclic) bond motifs is 5. The zero-order valence-corrected chi connectivity index (χ0v) is 48.9. The van der Waals surface area contributed by atoms with E-state index in [4.69, 9.17) is 15.6 Å². The molecule has 1 fully saturated rings. The van der Waals surface area contributed by atoms with E-state index < -0.39 is 200 Å². The van der Waals surface area contributed by atoms with Crippen molar-refractivity contribution in [2.75, 3.05) is 44.9 Å². The molecule has 1 saturated heterocycles. The first-order valence-electron chi connectivity index (χ1n) is 27.8. The Morgan fingerprint density at radius 2 is 1.59 bits per heavy atom. The summed E-state index contributed by atoms with van der Waals surface area (Å²) in [5.74, 6) is -14.5. The van der Waals surface area contributed by atoms with Crippen molar-refractivity contribution in [3.8, 4) is 5.75 Å². The van der Waals surface area contributed by atoms with Crippen molar-refractivity contribution in [3.05, 3.63) is 23.3 Å². The minimum absolute atomic E-state index is 0.0723. The molecular formula is C55H78N8O18S2. The van der Waals surface area contributed by atoms with E-state index in [-0.39, 0.29) is 60.0 Å². The number of H-pyrrole nitrogens is 1. The van der Waals surface area contributed by atoms with Gasteiger partial charge in [-0.25, -0.2) is 0 Å². The number of primary amides is 1. The van der Waals surface area contributed by atoms with E-state index in [0.717, 1.165) is 4.90 Å². The second-order valence-electron chi connectivity index (χ2n) is 21.7. The molecule has 4 heterocycles. The summed E-state index contributed by atoms with van der Waals surface area (Å²) in [6.07, 6.45) is -4.65. The van der Waals surface area contributed by atoms with Crippen LogP contribution in [0.15, 0.2) is 17.2 Å². The Morgan fingerprint density at radius 1 is 0.892 bits per heavy atom. The highest BCUT2D eigenvalue weighted by Gasteiger charge is 2.45. The van der Waals surface area contributed by atoms with Crippen LogP contribution < -0.4 is 37.1 Å². The van der Waals surface area contributed by atoms with Crippen molar-refractivity contribution < 1.29 is 86.9 Å². The number of ether oxygens (including phenoxy) is 1. The Kier molecular flexibility index (Phi) is 25.4. The van der Waals surface area contributed by atoms with Crippen LogP contribution in [0.2, 0.25) is 0 Å². The molecule has 5 rings (SSSR count). The fraction of sp³-hybridized carbons (Fsp3) is 0.636. The summed E-state index contributed by atoms with van der Waals surface area (Å²) in [4.78, 5) is 167. The highest BCUT2D eigenvalue weighted by Crippen LogP contribution is 2.37. The maximum atomic E-state index is 15.3. The number of nitrogens with zero attached hydrogens (tertiary/aromatic N) is 1. The summed E-state index contributed by atoms with van der Waals surface area (Å²) in [7, 11) is -1.02. The zero-order valence-electron chi connectivity index (χ0n) is 47.3. The number of carbonyl (C=O) groups is 12. The number of Topliss-reactive ketones (excluding diaryl/α,β-unsaturated/α-hetero) is 4. The highest BCUT2D eigenvalue weighted by molar-refractivity contribution is 7.98. The largest absolute Gasteiger partial charge is 0.496 e. The van der Waals surface area contributed by atoms with E-state index in [0.29, 0.717) is 40.8 Å². The van der Waals surface area contributed by atoms with Crippen LogP contribution in [0.3, 0.4) is 0 Å². The molecule has 0 spiro atoms. The van der Waals surface area contributed by atoms with Gasteiger partial charge in [0.25, 0.3) is 0 Å². The first-order valence-corrected chi connectivity index (χ1v) is 30.2. The number of aromatic amines is 1. The molecule has 3 aliphatic rings. The van der Waals surface area contributed by atoms with Gasteiger partial charge in [-0.2, -0.15) is 11.8 Å². The number of aliphatic hydroxyl groups excluding tert-OH is 3. The first kappa shape index (κ1) is 67.2. The average Bonchev–Trinajstić information content (AvgIpc) is 2.47. The van der Waals surface area contributed by atoms with Crippen LogP contribution in [0.25, 0.3) is 10.9 Å². The number of hydrogen-bond donors (Lipinski definition) is 11. The van der Waals surface area contributed by atoms with Gasteiger partial charge in [0.2, 0.25) is 41.4 Å². The molecule has 1 aromatic heterocycles. The minimum Gasteiger partial charge on any atom is -0.496 e. The topological polar surface area (TPSA) is 417 Å². The van der Waals surface area contributed by atoms with Crippen LogP contribution in [0.5, 0.6) is 5.75 Å². The number of aromatic nitrogens is 1. The third-order valence-electron chi connectivity index (χ3n) is 15.5. The molecule has 1 aromatic carbocycles. The Balaban J connectivity index is 1.66. The van der Waals surface area contributed by atoms with E-state index in [1.54, 1.807) is 26.0 Å². The van der Waals surface area contributed by atoms with E-state index in [9.17, 15) is 72.9 Å². The molecule has 2 unspecified atom stereocenters. The molecule has 83 heavy (non-hydrogen) atoms. The number of benzene rings is 1. The molecule has 2 aromatic rings. The molecule has 0 aliphatic carbocycles. The van der Waals surface area contributed by atoms with E-state index in [2.05, 4.69) is 31.6 Å². The van der Waals surface area contributed by atoms with Crippen molar-refractivity contribution in [2.45, 2.75) is 152 Å². The number of nitrogens with one attached hydrogen (secondary N) is 6. The van der Waals surface area contributed by atoms with Gasteiger partial charge in [-0.05, 0) is 48.6 Å². The maximum Gasteiger partial charge on any atom is 0.304 e. The number of amides is 7. The van der Waals surface area contributed by atoms with Gasteiger partial charge >= 0.3 is 5.97 Å². The molecule has 2 bridgehead atoms. The predicted molar refractivity (Wildman–Crippen MR) is 300 cm³/mol. The summed E-state index contributed by atoms with van der Waals surface area (Å²) in [6.45, 7) is 3.56. The van der Waals surface area contributed by atoms with E-state index in [1.165, 1.54) is 32.7 Å². The number of aliphatic carboxylic acids is 1. The van der Waals surface area contributed by atoms with Gasteiger partial charge < -0.3 is 67.4 Å². The second-order valence-corrected chi connectivity index (χ2v) is 24.3. The molecule has 26 nitrogen and oxygen atoms in total. The maximum absolute atomic E-state index is 15.3. The molecule has 28 heteroatoms. The van der Waals surface area contributed by atoms with Gasteiger partial charge in [-0.15, -0.1) is 0 Å². The fourth-order valence-electron chi connectivity index (χ4n) is 10.5. The molecule has 458 valence electrons. The van der Waals surface area contributed by atoms with Gasteiger partial charge in [0.05, 0.1) is 80.0 Å². The number of carboxylic acids is 1. The Bertz CT molecular complexity index is 2810. The van der Waals surface area contributed by atoms with E-state index >= 15 is 4.21 Å². The standard InChI is InChI=1S/C55H78N8O18S2/c1-6-27(2)35-18-32(66)21-57-50(75)30-16-36-34-12-13-44(81-5)37(25-82-14-8-10-31(65)9-7-11-41(68)28(3)15-47(73)74)49(34)62-54(36)83(80)26-39(59-46(72)22-58-51(35)76)52(77)60-38(20-45(56)71)55(79)63-23-33(67)19-40(63)53(78)61-48(42(69)17-30)29(4)43(70)24-64/h12-13,27-30,33,35,38-40,43,48,62,64,67,70H,6-11,14-26H2,1-5H3,(H2,56,71)(H,57,75)(H,58,76)(H,59,72)(H,60,77)(H,61,78)(H,73,74)/t27-,28?,29-,30+,33+,35-,38-,39-,40-,43-,48-,83?/m0/s1. The first-order chi connectivity index (χ1) is 39.3. The van der Waals surface area contributed by atoms with Crippen LogP contribution in [-0.2, 0) is 80.5 Å². The lowest BCUT2D eigenvalue weighted by molar-refractivity contribution is -0.144. The molecule has 7 amide bonds. The molecule has 12 N–H and O–H groups in total. The van der Waals surface area contributed by atoms with Crippen molar-refractivity contribution in [2.24, 2.45) is 35.3 Å². The van der Waals surface area contributed by atoms with Crippen molar-refractivity contribution >= 4 is 104 Å². The van der Waals surface area contributed by atoms with Crippen LogP contribution >= 0.6 is 11.8 Å². The number of hydrogen-bond acceptors (Lipinski definition) is 18. The van der Waals surface area contributed by atoms with Crippen LogP contribution in [-0.4, -0.2) is 186 Å². The normalized spacial score (nSPS) is 25.1. The number of thioether (sulfide) groups is 1. The van der Waals surface area contributed by atoms with Crippen LogP contribution in [0.4, 0.5) is 0 Å². The Hall–Kier alpha value is -6.62. The molecular weight excluding hydrogens is 1120 g/mol. The number of carboxylic acid groups (broad SMARTS) is 1. The van der Waals surface area contributed by atoms with Gasteiger partial charge in [0, 0.05) is 85.4 Å². The summed E-state index contributed by atoms with van der Waals surface area (Å²) >= 11 is 1.41. The number of rotatable bonds is 21. The van der Waals surface area contributed by atoms with Gasteiger partial charge in [-0.1, -0.05) is 34.1 Å². The SMILES string of the molecule is CC[C@H](C)[C@@H]1CC(=O)CNC(=O)[C@H]2CC(=O)[C@H]([C@@H](C)[C@@H](O)CO)NC(=O)[C@@H]3C[C@@H](O)CN3C(=O)[C@H](CC(N)=O)NC(=O)[C@H](CS(=O)c3[nH]c4c(CSCCCC(=O)CCCC(=O)C(C)CC(=O)O)c(OC)ccc4c3C2)NC(=O)CNC1=O. The molecule has 3 aliphatic heterocycles. The molecule has 12 atom stereocenters. The lowest BCUT2D eigenvalue weighted by Gasteiger charge is -2.32. The summed E-state index contributed by atoms with van der Waals surface area (Å²) in [6, 6.07) is -3.77. The van der Waals surface area contributed by atoms with Crippen LogP contribution in [0, 0.1) is 29.6 Å². The Morgan fingerprint density at radius 3 is 2.25 bits per heavy atom. The van der Waals surface area contributed by atoms with Crippen LogP contribution in [0.1, 0.15) is 109 Å². The fourth-order valence-corrected chi connectivity index (χ4v) is 12.8. The average molecular weight is 1200 g/mol. The van der Waals surface area contributed by atoms with Crippen molar-refractivity contribution in [3.63, 3.8) is 0 Å². The summed E-state index contributed by atoms with van der Waals surface area (Å²) in [5, 5.41) is 53.7. The zero-order chi connectivity index (χ0) is 61.4. The summed E-state index contributed by atoms with van der Waals surface area (Å²) in [5.41, 5.74) is 6.58. The second kappa shape index (κ2) is 31.3. The van der Waals surface area contributed by atoms with Gasteiger partial charge in [0.15, 0.2) is 11.6 Å². The predicted octanol–water partition coefficient (Wildman–Crippen LogP) is -1.00. The summed E-state index contributed by atoms with van der Waals surface area (Å²) < 4.78 is 21.1. The quantitative estimate of drug-likeness (QED) is 0.0668. The van der Waals surface area contributed by atoms with Gasteiger partial charge in [0.1, 0.15) is 40.5 Å². The van der Waals surface area contributed by atoms with Gasteiger partial charge in [-0.3, -0.25) is 61.7 Å². The lowest BCUT2D eigenvalue weighted by Crippen LogP contribution is -2.60. The monoisotopic (exact) mass is 1200 g/mol. The third-order valence-corrected chi connectivity index (χ3v) is 18.1. The smallest absolute Gasteiger partial charge is 0.304 e. The number of carbonyl (C=O) groups excluding carboxylic acids is 11. The number of methoxy groups -OCH3 is 1. The van der Waals surface area contributed by atoms with Crippen molar-refractivity contribution in [1.29, 1.82) is 0 Å². The molecule has 0 saturated carbocycles. The Labute approximate surface area is 486 Å². The lowest BCUT2D eigenvalue weighted by atomic mass is 9.85. The number of ketones is 4. The van der Waals surface area contributed by atoms with Crippen molar-refractivity contribution in [1.82, 2.24) is 36.5 Å². The number of nitrogens with two attached hydrogens (primary N) is 1. The minimum atomic E-state index is -2.43. The molecule has 0 radical (unpaired) electrons. The number of aliphatic hydroxyl groups is 3.